The normalized spacial score (nSPS) is 14.5. The number of nitrogens with zero attached hydrogens (tertiary/aromatic N) is 1. The topological polar surface area (TPSA) is 120 Å². The third-order valence-corrected chi connectivity index (χ3v) is 7.50. The summed E-state index contributed by atoms with van der Waals surface area (Å²) in [6.07, 6.45) is 1.47. The highest BCUT2D eigenvalue weighted by Gasteiger charge is 2.32. The van der Waals surface area contributed by atoms with Gasteiger partial charge in [-0.15, -0.1) is 0 Å². The van der Waals surface area contributed by atoms with Crippen LogP contribution in [0.15, 0.2) is 81.5 Å². The van der Waals surface area contributed by atoms with Crippen molar-refractivity contribution in [1.29, 1.82) is 0 Å². The average molecular weight is 702 g/mol. The first-order valence-corrected chi connectivity index (χ1v) is 15.0. The number of esters is 1. The van der Waals surface area contributed by atoms with E-state index in [9.17, 15) is 9.59 Å². The largest absolute Gasteiger partial charge is 0.493 e. The quantitative estimate of drug-likeness (QED) is 0.0964. The van der Waals surface area contributed by atoms with Gasteiger partial charge >= 0.3 is 5.97 Å². The predicted molar refractivity (Wildman–Crippen MR) is 175 cm³/mol. The fraction of sp³-hybridized carbons (Fsp3) is 0.226. The van der Waals surface area contributed by atoms with Crippen LogP contribution in [-0.4, -0.2) is 43.5 Å². The Labute approximate surface area is 273 Å². The summed E-state index contributed by atoms with van der Waals surface area (Å²) in [6, 6.07) is 17.3. The van der Waals surface area contributed by atoms with Crippen molar-refractivity contribution in [3.63, 3.8) is 0 Å². The lowest BCUT2D eigenvalue weighted by Gasteiger charge is -2.30. The van der Waals surface area contributed by atoms with Crippen molar-refractivity contribution < 1.29 is 28.5 Å². The third kappa shape index (κ3) is 8.49. The van der Waals surface area contributed by atoms with Gasteiger partial charge in [0, 0.05) is 26.3 Å². The van der Waals surface area contributed by atoms with Crippen molar-refractivity contribution in [1.82, 2.24) is 16.1 Å². The van der Waals surface area contributed by atoms with Gasteiger partial charge in [0.2, 0.25) is 0 Å². The highest BCUT2D eigenvalue weighted by atomic mass is 79.9. The van der Waals surface area contributed by atoms with E-state index in [1.165, 1.54) is 13.3 Å². The number of para-hydroxylation sites is 1. The summed E-state index contributed by atoms with van der Waals surface area (Å²) in [5.74, 6) is 0.441. The van der Waals surface area contributed by atoms with E-state index < -0.39 is 17.9 Å². The molecule has 0 aromatic heterocycles. The van der Waals surface area contributed by atoms with Crippen LogP contribution in [0.5, 0.6) is 17.2 Å². The molecule has 3 aromatic rings. The molecule has 3 aromatic carbocycles. The van der Waals surface area contributed by atoms with Gasteiger partial charge in [-0.05, 0) is 77.9 Å². The second kappa shape index (κ2) is 15.6. The Bertz CT molecular complexity index is 1600. The number of benzene rings is 3. The maximum Gasteiger partial charge on any atom is 0.338 e. The van der Waals surface area contributed by atoms with Crippen molar-refractivity contribution in [3.05, 3.63) is 98.1 Å². The van der Waals surface area contributed by atoms with Gasteiger partial charge in [-0.2, -0.15) is 5.10 Å². The molecule has 4 rings (SSSR count). The van der Waals surface area contributed by atoms with Crippen LogP contribution in [-0.2, 0) is 20.9 Å². The molecule has 0 aliphatic carbocycles. The van der Waals surface area contributed by atoms with Crippen LogP contribution in [0, 0.1) is 0 Å². The number of rotatable bonds is 12. The summed E-state index contributed by atoms with van der Waals surface area (Å²) < 4.78 is 23.2. The molecule has 0 bridgehead atoms. The fourth-order valence-corrected chi connectivity index (χ4v) is 5.09. The van der Waals surface area contributed by atoms with Crippen molar-refractivity contribution in [2.45, 2.75) is 26.5 Å². The van der Waals surface area contributed by atoms with Crippen LogP contribution < -0.4 is 30.3 Å². The van der Waals surface area contributed by atoms with Crippen LogP contribution in [0.4, 0.5) is 0 Å². The van der Waals surface area contributed by atoms with Crippen molar-refractivity contribution in [2.24, 2.45) is 5.10 Å². The third-order valence-electron chi connectivity index (χ3n) is 6.34. The van der Waals surface area contributed by atoms with E-state index in [1.54, 1.807) is 62.4 Å². The molecule has 230 valence electrons. The van der Waals surface area contributed by atoms with Gasteiger partial charge < -0.3 is 29.6 Å². The van der Waals surface area contributed by atoms with E-state index >= 15 is 0 Å². The van der Waals surface area contributed by atoms with Gasteiger partial charge in [-0.25, -0.2) is 10.2 Å². The Kier molecular flexibility index (Phi) is 11.6. The van der Waals surface area contributed by atoms with Crippen LogP contribution in [0.25, 0.3) is 0 Å². The van der Waals surface area contributed by atoms with Crippen LogP contribution >= 0.6 is 39.7 Å². The van der Waals surface area contributed by atoms with E-state index in [2.05, 4.69) is 37.1 Å². The van der Waals surface area contributed by atoms with E-state index in [1.807, 2.05) is 12.1 Å². The highest BCUT2D eigenvalue weighted by molar-refractivity contribution is 9.10. The zero-order valence-corrected chi connectivity index (χ0v) is 27.3. The number of hydrogen-bond donors (Lipinski definition) is 3. The second-order valence-corrected chi connectivity index (χ2v) is 11.0. The number of amides is 1. The van der Waals surface area contributed by atoms with E-state index in [-0.39, 0.29) is 13.2 Å². The van der Waals surface area contributed by atoms with Gasteiger partial charge in [0.15, 0.2) is 23.2 Å². The smallest absolute Gasteiger partial charge is 0.338 e. The lowest BCUT2D eigenvalue weighted by molar-refractivity contribution is -0.139. The number of nitrogens with one attached hydrogen (secondary N) is 3. The zero-order valence-electron chi connectivity index (χ0n) is 24.1. The molecule has 1 amide bonds. The number of allylic oxidation sites excluding steroid dienone is 1. The summed E-state index contributed by atoms with van der Waals surface area (Å²) in [7, 11) is 1.54. The molecule has 1 heterocycles. The number of ether oxygens (including phenoxy) is 4. The maximum absolute atomic E-state index is 12.7. The highest BCUT2D eigenvalue weighted by Crippen LogP contribution is 2.35. The molecular formula is C31H30BrClN4O6S. The summed E-state index contributed by atoms with van der Waals surface area (Å²) in [5.41, 5.74) is 5.61. The lowest BCUT2D eigenvalue weighted by Crippen LogP contribution is -2.45. The van der Waals surface area contributed by atoms with Gasteiger partial charge in [-0.1, -0.05) is 41.9 Å². The van der Waals surface area contributed by atoms with Crippen molar-refractivity contribution in [2.75, 3.05) is 20.3 Å². The minimum atomic E-state index is -0.634. The van der Waals surface area contributed by atoms with Crippen LogP contribution in [0.3, 0.4) is 0 Å². The number of hydrazone groups is 1. The van der Waals surface area contributed by atoms with E-state index in [0.29, 0.717) is 60.9 Å². The second-order valence-electron chi connectivity index (χ2n) is 9.35. The molecule has 13 heteroatoms. The zero-order chi connectivity index (χ0) is 31.6. The van der Waals surface area contributed by atoms with Crippen molar-refractivity contribution in [3.8, 4) is 17.2 Å². The molecule has 0 spiro atoms. The molecule has 10 nitrogen and oxygen atoms in total. The molecule has 3 N–H and O–H groups in total. The standard InChI is InChI=1S/C31H30BrClN4O6S/c1-4-41-30(39)28-18(2)35-31(44)36-29(28)22-7-5-6-8-24(22)43-17-27(38)37-34-15-20-13-25(40-3)26(14-23(20)32)42-16-19-9-11-21(33)12-10-19/h5-15,29H,4,16-17H2,1-3H3,(H,37,38)(H2,35,36,44)/t29-/m1/s1. The molecule has 44 heavy (non-hydrogen) atoms. The van der Waals surface area contributed by atoms with Gasteiger partial charge in [0.05, 0.1) is 31.5 Å². The number of carbonyl (C=O) groups is 2. The molecule has 0 saturated heterocycles. The first kappa shape index (κ1) is 32.8. The molecule has 0 fully saturated rings. The number of methoxy groups -OCH3 is 1. The average Bonchev–Trinajstić information content (AvgIpc) is 3.00. The monoisotopic (exact) mass is 700 g/mol. The first-order chi connectivity index (χ1) is 21.2. The Morgan fingerprint density at radius 2 is 1.84 bits per heavy atom. The van der Waals surface area contributed by atoms with Crippen LogP contribution in [0.1, 0.15) is 36.6 Å². The summed E-state index contributed by atoms with van der Waals surface area (Å²) in [4.78, 5) is 25.4. The Hall–Kier alpha value is -4.13. The number of carbonyl (C=O) groups excluding carboxylic acids is 2. The molecule has 1 aliphatic rings. The maximum atomic E-state index is 12.7. The summed E-state index contributed by atoms with van der Waals surface area (Å²) in [5, 5.41) is 11.1. The minimum absolute atomic E-state index is 0.219. The molecule has 0 radical (unpaired) electrons. The SMILES string of the molecule is CCOC(=O)C1=C(C)NC(=S)N[C@@H]1c1ccccc1OCC(=O)NN=Cc1cc(OC)c(OCc2ccc(Cl)cc2)cc1Br. The number of halogens is 2. The molecule has 0 unspecified atom stereocenters. The Morgan fingerprint density at radius 3 is 2.57 bits per heavy atom. The van der Waals surface area contributed by atoms with Gasteiger partial charge in [0.1, 0.15) is 12.4 Å². The Morgan fingerprint density at radius 1 is 1.09 bits per heavy atom. The number of thiocarbonyl (C=S) groups is 1. The minimum Gasteiger partial charge on any atom is -0.493 e. The molecule has 0 saturated carbocycles. The molecular weight excluding hydrogens is 672 g/mol. The van der Waals surface area contributed by atoms with Crippen molar-refractivity contribution >= 4 is 63.0 Å². The van der Waals surface area contributed by atoms with Crippen LogP contribution in [0.2, 0.25) is 5.02 Å². The molecule has 1 aliphatic heterocycles. The predicted octanol–water partition coefficient (Wildman–Crippen LogP) is 5.58. The van der Waals surface area contributed by atoms with Gasteiger partial charge in [0.25, 0.3) is 5.91 Å². The molecule has 1 atom stereocenters. The Balaban J connectivity index is 1.39. The van der Waals surface area contributed by atoms with E-state index in [4.69, 9.17) is 42.8 Å². The summed E-state index contributed by atoms with van der Waals surface area (Å²) >= 11 is 14.8. The van der Waals surface area contributed by atoms with Gasteiger partial charge in [-0.3, -0.25) is 4.79 Å². The fourth-order valence-electron chi connectivity index (χ4n) is 4.27. The summed E-state index contributed by atoms with van der Waals surface area (Å²) in [6.45, 7) is 3.70. The van der Waals surface area contributed by atoms with E-state index in [0.717, 1.165) is 5.56 Å². The number of hydrogen-bond acceptors (Lipinski definition) is 8. The first-order valence-electron chi connectivity index (χ1n) is 13.4. The lowest BCUT2D eigenvalue weighted by atomic mass is 9.95.